The van der Waals surface area contributed by atoms with Crippen LogP contribution >= 0.6 is 0 Å². The third kappa shape index (κ3) is 1.04. The van der Waals surface area contributed by atoms with Crippen LogP contribution in [0.25, 0.3) is 0 Å². The van der Waals surface area contributed by atoms with Crippen LogP contribution in [-0.2, 0) is 0 Å². The number of rotatable bonds is 0. The summed E-state index contributed by atoms with van der Waals surface area (Å²) in [7, 11) is 0. The third-order valence-electron chi connectivity index (χ3n) is 7.41. The molecule has 0 aromatic carbocycles. The third-order valence-corrected chi connectivity index (χ3v) is 7.41. The lowest BCUT2D eigenvalue weighted by molar-refractivity contribution is -0.502. The Kier molecular flexibility index (Phi) is 2.58. The molecule has 0 radical (unpaired) electrons. The maximum absolute atomic E-state index is 15.6. The van der Waals surface area contributed by atoms with E-state index < -0.39 is 59.7 Å². The minimum atomic E-state index is -3.81. The van der Waals surface area contributed by atoms with Crippen LogP contribution < -0.4 is 0 Å². The van der Waals surface area contributed by atoms with E-state index in [1.54, 1.807) is 0 Å². The van der Waals surface area contributed by atoms with Crippen molar-refractivity contribution in [2.75, 3.05) is 0 Å². The second-order valence-corrected chi connectivity index (χ2v) is 8.35. The fraction of sp³-hybridized carbons (Fsp3) is 0.778. The Hall–Kier alpha value is -0.940. The van der Waals surface area contributed by atoms with E-state index in [0.717, 1.165) is 0 Å². The molecule has 4 aliphatic carbocycles. The first kappa shape index (κ1) is 16.5. The Bertz CT molecular complexity index is 624. The van der Waals surface area contributed by atoms with Crippen LogP contribution in [0.3, 0.4) is 0 Å². The second-order valence-electron chi connectivity index (χ2n) is 8.35. The van der Waals surface area contributed by atoms with E-state index in [2.05, 4.69) is 0 Å². The number of halogens is 6. The molecule has 6 heteroatoms. The first-order chi connectivity index (χ1) is 10.8. The van der Waals surface area contributed by atoms with E-state index in [4.69, 9.17) is 0 Å². The topological polar surface area (TPSA) is 0 Å². The van der Waals surface area contributed by atoms with E-state index in [9.17, 15) is 0 Å². The lowest BCUT2D eigenvalue weighted by atomic mass is 9.25. The summed E-state index contributed by atoms with van der Waals surface area (Å²) in [5.41, 5.74) is -19.7. The highest BCUT2D eigenvalue weighted by molar-refractivity contribution is 5.63. The number of fused-ring (bicyclic) bond motifs is 7. The molecular formula is C18H20F6. The van der Waals surface area contributed by atoms with Crippen molar-refractivity contribution in [3.8, 4) is 0 Å². The van der Waals surface area contributed by atoms with Crippen molar-refractivity contribution in [2.24, 2.45) is 0 Å². The molecule has 2 fully saturated rings. The van der Waals surface area contributed by atoms with Crippen LogP contribution in [0, 0.1) is 0 Å². The normalized spacial score (nSPS) is 59.2. The van der Waals surface area contributed by atoms with Gasteiger partial charge in [-0.05, 0) is 27.7 Å². The fourth-order valence-corrected chi connectivity index (χ4v) is 5.80. The molecule has 0 bridgehead atoms. The van der Waals surface area contributed by atoms with Crippen LogP contribution in [0.15, 0.2) is 22.3 Å². The molecule has 24 heavy (non-hydrogen) atoms. The molecule has 4 atom stereocenters. The molecule has 0 aromatic rings. The van der Waals surface area contributed by atoms with Crippen LogP contribution in [-0.4, -0.2) is 34.0 Å². The summed E-state index contributed by atoms with van der Waals surface area (Å²) < 4.78 is 92.9. The van der Waals surface area contributed by atoms with Gasteiger partial charge in [0.1, 0.15) is 0 Å². The SMILES string of the molecule is CC1=C(C)CC2(F)C(F)(C1)C1(F)C3(F)CC(C)=C(C)CC3(F)C21F. The van der Waals surface area contributed by atoms with Gasteiger partial charge in [0.05, 0.1) is 0 Å². The smallest absolute Gasteiger partial charge is 0.225 e. The second kappa shape index (κ2) is 3.75. The standard InChI is InChI=1S/C18H20F6/c1-9-5-13(19)14(20,6-10(9)2)18(24)16(22)8-12(4)11(3)7-15(16,21)17(13,18)23/h5-8H2,1-4H3. The highest BCUT2D eigenvalue weighted by Crippen LogP contribution is 2.89. The van der Waals surface area contributed by atoms with E-state index >= 15 is 26.3 Å². The molecular weight excluding hydrogens is 330 g/mol. The zero-order chi connectivity index (χ0) is 18.1. The summed E-state index contributed by atoms with van der Waals surface area (Å²) in [4.78, 5) is 0. The number of hydrogen-bond acceptors (Lipinski definition) is 0. The Morgan fingerprint density at radius 2 is 0.625 bits per heavy atom. The molecule has 4 unspecified atom stereocenters. The fourth-order valence-electron chi connectivity index (χ4n) is 5.80. The summed E-state index contributed by atoms with van der Waals surface area (Å²) in [5, 5.41) is 0. The van der Waals surface area contributed by atoms with Crippen molar-refractivity contribution in [2.45, 2.75) is 87.4 Å². The van der Waals surface area contributed by atoms with Gasteiger partial charge in [-0.25, -0.2) is 26.3 Å². The Morgan fingerprint density at radius 1 is 0.458 bits per heavy atom. The van der Waals surface area contributed by atoms with Gasteiger partial charge in [-0.15, -0.1) is 0 Å². The van der Waals surface area contributed by atoms with Gasteiger partial charge >= 0.3 is 0 Å². The molecule has 0 saturated heterocycles. The minimum Gasteiger partial charge on any atom is -0.236 e. The van der Waals surface area contributed by atoms with Crippen molar-refractivity contribution in [3.63, 3.8) is 0 Å². The highest BCUT2D eigenvalue weighted by atomic mass is 19.2. The van der Waals surface area contributed by atoms with Gasteiger partial charge < -0.3 is 0 Å². The summed E-state index contributed by atoms with van der Waals surface area (Å²) in [6.45, 7) is 5.95. The van der Waals surface area contributed by atoms with Gasteiger partial charge in [0.2, 0.25) is 11.3 Å². The zero-order valence-electron chi connectivity index (χ0n) is 14.1. The zero-order valence-corrected chi connectivity index (χ0v) is 14.1. The molecule has 4 rings (SSSR count). The Balaban J connectivity index is 1.96. The lowest BCUT2D eigenvalue weighted by Crippen LogP contribution is -3.09. The van der Waals surface area contributed by atoms with Crippen LogP contribution in [0.5, 0.6) is 0 Å². The first-order valence-electron chi connectivity index (χ1n) is 8.21. The number of hydrogen-bond donors (Lipinski definition) is 0. The van der Waals surface area contributed by atoms with E-state index in [-0.39, 0.29) is 0 Å². The quantitative estimate of drug-likeness (QED) is 0.398. The number of alkyl halides is 6. The van der Waals surface area contributed by atoms with Gasteiger partial charge in [-0.3, -0.25) is 0 Å². The monoisotopic (exact) mass is 350 g/mol. The van der Waals surface area contributed by atoms with Crippen molar-refractivity contribution in [1.29, 1.82) is 0 Å². The van der Waals surface area contributed by atoms with Gasteiger partial charge in [-0.1, -0.05) is 22.3 Å². The van der Waals surface area contributed by atoms with Crippen LogP contribution in [0.4, 0.5) is 26.3 Å². The molecule has 4 aliphatic rings. The molecule has 0 nitrogen and oxygen atoms in total. The Labute approximate surface area is 137 Å². The summed E-state index contributed by atoms with van der Waals surface area (Å²) >= 11 is 0. The van der Waals surface area contributed by atoms with Crippen LogP contribution in [0.2, 0.25) is 0 Å². The van der Waals surface area contributed by atoms with Gasteiger partial charge in [-0.2, -0.15) is 0 Å². The molecule has 2 saturated carbocycles. The maximum atomic E-state index is 15.6. The van der Waals surface area contributed by atoms with Crippen molar-refractivity contribution < 1.29 is 26.3 Å². The average Bonchev–Trinajstić information content (AvgIpc) is 2.48. The summed E-state index contributed by atoms with van der Waals surface area (Å²) in [6, 6.07) is 0. The highest BCUT2D eigenvalue weighted by Gasteiger charge is 3.13. The number of allylic oxidation sites excluding steroid dienone is 4. The molecule has 0 spiro atoms. The molecule has 0 aliphatic heterocycles. The van der Waals surface area contributed by atoms with Gasteiger partial charge in [0.15, 0.2) is 22.7 Å². The summed E-state index contributed by atoms with van der Waals surface area (Å²) in [6.07, 6.45) is -3.00. The lowest BCUT2D eigenvalue weighted by Gasteiger charge is -2.83. The van der Waals surface area contributed by atoms with Crippen molar-refractivity contribution in [1.82, 2.24) is 0 Å². The molecule has 0 aromatic heterocycles. The van der Waals surface area contributed by atoms with Crippen molar-refractivity contribution in [3.05, 3.63) is 22.3 Å². The van der Waals surface area contributed by atoms with E-state index in [1.165, 1.54) is 27.7 Å². The van der Waals surface area contributed by atoms with Crippen molar-refractivity contribution >= 4 is 0 Å². The van der Waals surface area contributed by atoms with E-state index in [1.807, 2.05) is 0 Å². The van der Waals surface area contributed by atoms with Gasteiger partial charge in [0, 0.05) is 25.7 Å². The maximum Gasteiger partial charge on any atom is 0.225 e. The summed E-state index contributed by atoms with van der Waals surface area (Å²) in [5.74, 6) is 0. The minimum absolute atomic E-state index is 0.365. The van der Waals surface area contributed by atoms with Crippen LogP contribution in [0.1, 0.15) is 53.4 Å². The molecule has 0 heterocycles. The van der Waals surface area contributed by atoms with Gasteiger partial charge in [0.25, 0.3) is 0 Å². The molecule has 134 valence electrons. The molecule has 0 amide bonds. The first-order valence-corrected chi connectivity index (χ1v) is 8.21. The Morgan fingerprint density at radius 3 is 0.792 bits per heavy atom. The predicted octanol–water partition coefficient (Wildman–Crippen LogP) is 5.52. The average molecular weight is 350 g/mol. The molecule has 0 N–H and O–H groups in total. The van der Waals surface area contributed by atoms with E-state index in [0.29, 0.717) is 22.3 Å². The largest absolute Gasteiger partial charge is 0.236 e. The predicted molar refractivity (Wildman–Crippen MR) is 78.3 cm³/mol.